The van der Waals surface area contributed by atoms with E-state index in [1.807, 2.05) is 0 Å². The fraction of sp³-hybridized carbons (Fsp3) is 0.143. The second kappa shape index (κ2) is 6.91. The van der Waals surface area contributed by atoms with E-state index in [0.29, 0.717) is 12.4 Å². The predicted molar refractivity (Wildman–Crippen MR) is 73.8 cm³/mol. The highest BCUT2D eigenvalue weighted by atomic mass is 32.2. The lowest BCUT2D eigenvalue weighted by Crippen LogP contribution is -2.02. The Bertz CT molecular complexity index is 606. The standard InChI is InChI=1S/C14H12FNO3S/c15-11-3-1-2-4-13(11)19-7-8-20-10-5-6-16-12(9-10)14(17)18/h1-6,9H,7-8H2,(H,17,18). The summed E-state index contributed by atoms with van der Waals surface area (Å²) in [4.78, 5) is 15.3. The molecule has 20 heavy (non-hydrogen) atoms. The number of hydrogen-bond donors (Lipinski definition) is 1. The lowest BCUT2D eigenvalue weighted by Gasteiger charge is -2.07. The Labute approximate surface area is 119 Å². The van der Waals surface area contributed by atoms with Crippen LogP contribution in [-0.4, -0.2) is 28.4 Å². The normalized spacial score (nSPS) is 10.2. The number of aromatic carboxylic acids is 1. The van der Waals surface area contributed by atoms with Gasteiger partial charge in [-0.3, -0.25) is 0 Å². The Morgan fingerprint density at radius 2 is 2.15 bits per heavy atom. The third kappa shape index (κ3) is 3.96. The van der Waals surface area contributed by atoms with Crippen LogP contribution in [-0.2, 0) is 0 Å². The lowest BCUT2D eigenvalue weighted by atomic mass is 10.3. The van der Waals surface area contributed by atoms with Gasteiger partial charge in [0.05, 0.1) is 6.61 Å². The Balaban J connectivity index is 1.83. The van der Waals surface area contributed by atoms with E-state index in [1.54, 1.807) is 24.3 Å². The van der Waals surface area contributed by atoms with E-state index < -0.39 is 11.8 Å². The van der Waals surface area contributed by atoms with E-state index in [1.165, 1.54) is 30.1 Å². The van der Waals surface area contributed by atoms with Crippen molar-refractivity contribution in [1.29, 1.82) is 0 Å². The second-order valence-corrected chi connectivity index (χ2v) is 4.98. The summed E-state index contributed by atoms with van der Waals surface area (Å²) in [5.74, 6) is -0.657. The van der Waals surface area contributed by atoms with Crippen molar-refractivity contribution in [2.45, 2.75) is 4.90 Å². The molecule has 2 aromatic rings. The monoisotopic (exact) mass is 293 g/mol. The molecule has 1 heterocycles. The van der Waals surface area contributed by atoms with Gasteiger partial charge in [0.1, 0.15) is 5.69 Å². The molecule has 6 heteroatoms. The number of rotatable bonds is 6. The smallest absolute Gasteiger partial charge is 0.354 e. The van der Waals surface area contributed by atoms with Crippen molar-refractivity contribution < 1.29 is 19.0 Å². The molecule has 0 saturated heterocycles. The molecule has 0 radical (unpaired) electrons. The van der Waals surface area contributed by atoms with Gasteiger partial charge in [-0.1, -0.05) is 12.1 Å². The average molecular weight is 293 g/mol. The highest BCUT2D eigenvalue weighted by molar-refractivity contribution is 7.99. The van der Waals surface area contributed by atoms with Crippen LogP contribution in [0, 0.1) is 5.82 Å². The minimum absolute atomic E-state index is 0.00465. The minimum Gasteiger partial charge on any atom is -0.490 e. The molecule has 1 aromatic carbocycles. The van der Waals surface area contributed by atoms with E-state index in [0.717, 1.165) is 4.90 Å². The van der Waals surface area contributed by atoms with E-state index in [9.17, 15) is 9.18 Å². The van der Waals surface area contributed by atoms with Crippen molar-refractivity contribution in [3.63, 3.8) is 0 Å². The Hall–Kier alpha value is -2.08. The quantitative estimate of drug-likeness (QED) is 0.655. The molecule has 0 saturated carbocycles. The molecule has 2 rings (SSSR count). The molecule has 0 spiro atoms. The molecule has 0 aliphatic carbocycles. The predicted octanol–water partition coefficient (Wildman–Crippen LogP) is 3.09. The Morgan fingerprint density at radius 1 is 1.35 bits per heavy atom. The van der Waals surface area contributed by atoms with Gasteiger partial charge < -0.3 is 9.84 Å². The van der Waals surface area contributed by atoms with Gasteiger partial charge in [-0.25, -0.2) is 14.2 Å². The summed E-state index contributed by atoms with van der Waals surface area (Å²) in [5.41, 5.74) is 0.00465. The molecule has 1 aromatic heterocycles. The number of para-hydroxylation sites is 1. The molecule has 0 aliphatic rings. The zero-order valence-corrected chi connectivity index (χ0v) is 11.3. The zero-order chi connectivity index (χ0) is 14.4. The number of carboxylic acids is 1. The zero-order valence-electron chi connectivity index (χ0n) is 10.5. The van der Waals surface area contributed by atoms with Gasteiger partial charge >= 0.3 is 5.97 Å². The van der Waals surface area contributed by atoms with Crippen LogP contribution in [0.15, 0.2) is 47.5 Å². The van der Waals surface area contributed by atoms with E-state index >= 15 is 0 Å². The molecule has 0 atom stereocenters. The molecule has 1 N–H and O–H groups in total. The molecule has 0 bridgehead atoms. The first-order valence-electron chi connectivity index (χ1n) is 5.86. The fourth-order valence-electron chi connectivity index (χ4n) is 1.49. The maximum atomic E-state index is 13.3. The average Bonchev–Trinajstić information content (AvgIpc) is 2.45. The second-order valence-electron chi connectivity index (χ2n) is 3.81. The summed E-state index contributed by atoms with van der Waals surface area (Å²) < 4.78 is 18.6. The molecule has 104 valence electrons. The van der Waals surface area contributed by atoms with Crippen LogP contribution >= 0.6 is 11.8 Å². The number of nitrogens with zero attached hydrogens (tertiary/aromatic N) is 1. The largest absolute Gasteiger partial charge is 0.490 e. The first-order valence-corrected chi connectivity index (χ1v) is 6.85. The third-order valence-corrected chi connectivity index (χ3v) is 3.35. The summed E-state index contributed by atoms with van der Waals surface area (Å²) in [7, 11) is 0. The fourth-order valence-corrected chi connectivity index (χ4v) is 2.25. The van der Waals surface area contributed by atoms with Gasteiger partial charge in [0.25, 0.3) is 0 Å². The molecule has 4 nitrogen and oxygen atoms in total. The van der Waals surface area contributed by atoms with Crippen molar-refractivity contribution in [3.05, 3.63) is 54.1 Å². The van der Waals surface area contributed by atoms with Crippen LogP contribution in [0.5, 0.6) is 5.75 Å². The van der Waals surface area contributed by atoms with Gasteiger partial charge in [0.15, 0.2) is 11.6 Å². The number of carboxylic acid groups (broad SMARTS) is 1. The summed E-state index contributed by atoms with van der Waals surface area (Å²) in [6, 6.07) is 9.42. The number of halogens is 1. The summed E-state index contributed by atoms with van der Waals surface area (Å²) in [6.07, 6.45) is 1.45. The van der Waals surface area contributed by atoms with Crippen LogP contribution in [0.25, 0.3) is 0 Å². The summed E-state index contributed by atoms with van der Waals surface area (Å²) in [5, 5.41) is 8.82. The Morgan fingerprint density at radius 3 is 2.90 bits per heavy atom. The van der Waals surface area contributed by atoms with Crippen molar-refractivity contribution in [2.75, 3.05) is 12.4 Å². The van der Waals surface area contributed by atoms with Gasteiger partial charge in [-0.05, 0) is 24.3 Å². The molecular weight excluding hydrogens is 281 g/mol. The first-order chi connectivity index (χ1) is 9.66. The summed E-state index contributed by atoms with van der Waals surface area (Å²) in [6.45, 7) is 0.330. The van der Waals surface area contributed by atoms with E-state index in [-0.39, 0.29) is 11.4 Å². The molecule has 0 fully saturated rings. The molecule has 0 amide bonds. The third-order valence-electron chi connectivity index (χ3n) is 2.40. The van der Waals surface area contributed by atoms with Gasteiger partial charge in [0.2, 0.25) is 0 Å². The minimum atomic E-state index is -1.06. The van der Waals surface area contributed by atoms with Crippen molar-refractivity contribution in [3.8, 4) is 5.75 Å². The van der Waals surface area contributed by atoms with Crippen LogP contribution in [0.3, 0.4) is 0 Å². The number of hydrogen-bond acceptors (Lipinski definition) is 4. The number of pyridine rings is 1. The Kier molecular flexibility index (Phi) is 4.95. The maximum Gasteiger partial charge on any atom is 0.354 e. The van der Waals surface area contributed by atoms with Crippen LogP contribution in [0.4, 0.5) is 4.39 Å². The number of thioether (sulfide) groups is 1. The van der Waals surface area contributed by atoms with Crippen molar-refractivity contribution in [1.82, 2.24) is 4.98 Å². The molecule has 0 aliphatic heterocycles. The van der Waals surface area contributed by atoms with E-state index in [2.05, 4.69) is 4.98 Å². The van der Waals surface area contributed by atoms with Crippen LogP contribution < -0.4 is 4.74 Å². The van der Waals surface area contributed by atoms with Gasteiger partial charge in [-0.2, -0.15) is 0 Å². The van der Waals surface area contributed by atoms with Crippen LogP contribution in [0.2, 0.25) is 0 Å². The highest BCUT2D eigenvalue weighted by Crippen LogP contribution is 2.19. The number of ether oxygens (including phenoxy) is 1. The number of aromatic nitrogens is 1. The highest BCUT2D eigenvalue weighted by Gasteiger charge is 2.05. The van der Waals surface area contributed by atoms with Gasteiger partial charge in [0, 0.05) is 16.8 Å². The van der Waals surface area contributed by atoms with Crippen molar-refractivity contribution >= 4 is 17.7 Å². The van der Waals surface area contributed by atoms with Gasteiger partial charge in [-0.15, -0.1) is 11.8 Å². The first kappa shape index (κ1) is 14.3. The molecule has 0 unspecified atom stereocenters. The lowest BCUT2D eigenvalue weighted by molar-refractivity contribution is 0.0690. The number of carbonyl (C=O) groups is 1. The van der Waals surface area contributed by atoms with E-state index in [4.69, 9.17) is 9.84 Å². The number of benzene rings is 1. The van der Waals surface area contributed by atoms with Crippen molar-refractivity contribution in [2.24, 2.45) is 0 Å². The maximum absolute atomic E-state index is 13.3. The summed E-state index contributed by atoms with van der Waals surface area (Å²) >= 11 is 1.43. The SMILES string of the molecule is O=C(O)c1cc(SCCOc2ccccc2F)ccn1. The topological polar surface area (TPSA) is 59.4 Å². The van der Waals surface area contributed by atoms with Crippen LogP contribution in [0.1, 0.15) is 10.5 Å². The molecular formula is C14H12FNO3S.